The van der Waals surface area contributed by atoms with Crippen LogP contribution in [0.2, 0.25) is 0 Å². The highest BCUT2D eigenvalue weighted by Crippen LogP contribution is 2.37. The van der Waals surface area contributed by atoms with Crippen LogP contribution in [0.15, 0.2) is 36.4 Å². The number of hydrogen-bond donors (Lipinski definition) is 0. The third-order valence-corrected chi connectivity index (χ3v) is 9.19. The molecule has 0 N–H and O–H groups in total. The molecule has 2 aliphatic heterocycles. The molecule has 0 radical (unpaired) electrons. The number of nitriles is 2. The second kappa shape index (κ2) is 16.5. The fraction of sp³-hybridized carbons (Fsp3) is 0.600. The highest BCUT2D eigenvalue weighted by atomic mass is 19.4. The molecule has 0 saturated carbocycles. The maximum absolute atomic E-state index is 12.8. The molecular weight excluding hydrogens is 718 g/mol. The average molecular weight is 767 g/mol. The van der Waals surface area contributed by atoms with Crippen molar-refractivity contribution in [2.24, 2.45) is 10.8 Å². The van der Waals surface area contributed by atoms with Crippen molar-refractivity contribution in [2.75, 3.05) is 0 Å². The molecule has 8 nitrogen and oxygen atoms in total. The van der Waals surface area contributed by atoms with Crippen LogP contribution in [0.25, 0.3) is 0 Å². The number of halogens is 6. The highest BCUT2D eigenvalue weighted by Gasteiger charge is 2.51. The summed E-state index contributed by atoms with van der Waals surface area (Å²) in [5, 5.41) is 18.3. The molecule has 2 heterocycles. The fourth-order valence-electron chi connectivity index (χ4n) is 5.82. The van der Waals surface area contributed by atoms with Gasteiger partial charge in [0.2, 0.25) is 11.2 Å². The predicted molar refractivity (Wildman–Crippen MR) is 186 cm³/mol. The number of carbonyl (C=O) groups excluding carboxylic acids is 2. The number of carbonyl (C=O) groups is 2. The van der Waals surface area contributed by atoms with E-state index in [-0.39, 0.29) is 25.0 Å². The van der Waals surface area contributed by atoms with Crippen LogP contribution >= 0.6 is 0 Å². The first-order chi connectivity index (χ1) is 24.7. The minimum atomic E-state index is -4.63. The maximum atomic E-state index is 12.8. The van der Waals surface area contributed by atoms with E-state index in [0.29, 0.717) is 35.5 Å². The summed E-state index contributed by atoms with van der Waals surface area (Å²) >= 11 is 0. The Morgan fingerprint density at radius 2 is 0.981 bits per heavy atom. The van der Waals surface area contributed by atoms with Crippen LogP contribution in [0, 0.1) is 33.5 Å². The molecule has 2 aliphatic rings. The van der Waals surface area contributed by atoms with E-state index < -0.39 is 46.3 Å². The lowest BCUT2D eigenvalue weighted by Crippen LogP contribution is -2.43. The Morgan fingerprint density at radius 1 is 0.648 bits per heavy atom. The van der Waals surface area contributed by atoms with Gasteiger partial charge in [-0.2, -0.15) is 36.9 Å². The molecule has 54 heavy (non-hydrogen) atoms. The molecule has 2 atom stereocenters. The van der Waals surface area contributed by atoms with Crippen LogP contribution in [0.4, 0.5) is 26.3 Å². The highest BCUT2D eigenvalue weighted by molar-refractivity contribution is 5.74. The Balaban J connectivity index is 0.000000290. The lowest BCUT2D eigenvalue weighted by Gasteiger charge is -2.30. The van der Waals surface area contributed by atoms with Crippen molar-refractivity contribution in [3.63, 3.8) is 0 Å². The molecule has 14 heteroatoms. The first-order valence-electron chi connectivity index (χ1n) is 17.6. The van der Waals surface area contributed by atoms with Crippen LogP contribution in [0.3, 0.4) is 0 Å². The van der Waals surface area contributed by atoms with Crippen molar-refractivity contribution in [3.05, 3.63) is 58.7 Å². The second-order valence-corrected chi connectivity index (χ2v) is 16.2. The number of ether oxygens (including phenoxy) is 4. The number of fused-ring (bicyclic) bond motifs is 2. The molecule has 0 amide bonds. The zero-order valence-electron chi connectivity index (χ0n) is 31.9. The predicted octanol–water partition coefficient (Wildman–Crippen LogP) is 9.49. The first kappa shape index (κ1) is 43.9. The minimum Gasteiger partial charge on any atom is -0.490 e. The maximum Gasteiger partial charge on any atom is 0.427 e. The van der Waals surface area contributed by atoms with Gasteiger partial charge in [-0.05, 0) is 115 Å². The lowest BCUT2D eigenvalue weighted by atomic mass is 9.85. The molecular formula is C40H48F6N2O6. The molecule has 0 aliphatic carbocycles. The first-order valence-corrected chi connectivity index (χ1v) is 17.6. The van der Waals surface area contributed by atoms with Gasteiger partial charge in [0.05, 0.1) is 35.8 Å². The summed E-state index contributed by atoms with van der Waals surface area (Å²) in [5.74, 6) is -0.481. The van der Waals surface area contributed by atoms with Gasteiger partial charge < -0.3 is 18.9 Å². The van der Waals surface area contributed by atoms with Crippen molar-refractivity contribution < 1.29 is 54.9 Å². The van der Waals surface area contributed by atoms with Gasteiger partial charge in [-0.3, -0.25) is 9.59 Å². The number of hydrogen-bond acceptors (Lipinski definition) is 8. The summed E-state index contributed by atoms with van der Waals surface area (Å²) in [6, 6.07) is 14.8. The summed E-state index contributed by atoms with van der Waals surface area (Å²) < 4.78 is 98.0. The molecule has 2 aromatic carbocycles. The SMILES string of the molecule is CC(C)(C#N)C[C@@H]1CCc2cc(CC(=O)OC(C)(C)C(F)(F)F)ccc2O1.CC(C)(C#N)C[C@H]1CCc2cc(CC(=O)OC(C)(C)C(F)(F)F)ccc2O1. The van der Waals surface area contributed by atoms with Gasteiger partial charge in [-0.1, -0.05) is 24.3 Å². The third kappa shape index (κ3) is 12.3. The van der Waals surface area contributed by atoms with E-state index >= 15 is 0 Å². The van der Waals surface area contributed by atoms with Gasteiger partial charge >= 0.3 is 24.3 Å². The Morgan fingerprint density at radius 3 is 1.28 bits per heavy atom. The molecule has 0 spiro atoms. The summed E-state index contributed by atoms with van der Waals surface area (Å²) in [7, 11) is 0. The zero-order valence-corrected chi connectivity index (χ0v) is 31.9. The number of esters is 2. The van der Waals surface area contributed by atoms with E-state index in [0.717, 1.165) is 64.5 Å². The van der Waals surface area contributed by atoms with Crippen molar-refractivity contribution >= 4 is 11.9 Å². The Labute approximate surface area is 312 Å². The number of nitrogens with zero attached hydrogens (tertiary/aromatic N) is 2. The Bertz CT molecular complexity index is 1620. The average Bonchev–Trinajstić information content (AvgIpc) is 3.03. The summed E-state index contributed by atoms with van der Waals surface area (Å²) in [6.07, 6.45) is -5.69. The second-order valence-electron chi connectivity index (χ2n) is 16.2. The largest absolute Gasteiger partial charge is 0.490 e. The normalized spacial score (nSPS) is 17.5. The quantitative estimate of drug-likeness (QED) is 0.173. The van der Waals surface area contributed by atoms with Crippen LogP contribution in [-0.2, 0) is 44.7 Å². The number of aryl methyl sites for hydroxylation is 2. The smallest absolute Gasteiger partial charge is 0.427 e. The van der Waals surface area contributed by atoms with Crippen LogP contribution < -0.4 is 9.47 Å². The topological polar surface area (TPSA) is 119 Å². The van der Waals surface area contributed by atoms with Crippen LogP contribution in [-0.4, -0.2) is 47.7 Å². The molecule has 0 saturated heterocycles. The lowest BCUT2D eigenvalue weighted by molar-refractivity contribution is -0.257. The number of alkyl halides is 6. The van der Waals surface area contributed by atoms with Crippen molar-refractivity contribution in [3.8, 4) is 23.6 Å². The molecule has 0 aromatic heterocycles. The Kier molecular flexibility index (Phi) is 13.4. The number of benzene rings is 2. The van der Waals surface area contributed by atoms with Crippen molar-refractivity contribution in [2.45, 2.75) is 143 Å². The summed E-state index contributed by atoms with van der Waals surface area (Å²) in [4.78, 5) is 23.8. The third-order valence-electron chi connectivity index (χ3n) is 9.19. The van der Waals surface area contributed by atoms with Crippen molar-refractivity contribution in [1.29, 1.82) is 10.5 Å². The van der Waals surface area contributed by atoms with Gasteiger partial charge in [0, 0.05) is 12.8 Å². The van der Waals surface area contributed by atoms with E-state index in [2.05, 4.69) is 21.6 Å². The van der Waals surface area contributed by atoms with Crippen LogP contribution in [0.5, 0.6) is 11.5 Å². The standard InChI is InChI=1S/2C20H24F3NO3/c2*1-18(2,12-24)11-15-7-6-14-9-13(5-8-16(14)26-15)10-17(25)27-19(3,4)20(21,22)23/h2*5,8-9,15H,6-7,10-11H2,1-4H3/t2*15-/m10/s1. The van der Waals surface area contributed by atoms with E-state index in [1.54, 1.807) is 36.4 Å². The summed E-state index contributed by atoms with van der Waals surface area (Å²) in [5.41, 5.74) is -3.03. The van der Waals surface area contributed by atoms with E-state index in [4.69, 9.17) is 20.0 Å². The molecule has 0 bridgehead atoms. The number of rotatable bonds is 10. The van der Waals surface area contributed by atoms with Gasteiger partial charge in [0.25, 0.3) is 0 Å². The minimum absolute atomic E-state index is 0.0597. The van der Waals surface area contributed by atoms with Crippen LogP contribution in [0.1, 0.15) is 103 Å². The monoisotopic (exact) mass is 766 g/mol. The zero-order chi connectivity index (χ0) is 40.9. The van der Waals surface area contributed by atoms with Gasteiger partial charge in [0.1, 0.15) is 23.7 Å². The molecule has 4 rings (SSSR count). The molecule has 0 unspecified atom stereocenters. The molecule has 296 valence electrons. The van der Waals surface area contributed by atoms with E-state index in [1.807, 2.05) is 27.7 Å². The summed E-state index contributed by atoms with van der Waals surface area (Å²) in [6.45, 7) is 10.8. The van der Waals surface area contributed by atoms with Crippen molar-refractivity contribution in [1.82, 2.24) is 0 Å². The fourth-order valence-corrected chi connectivity index (χ4v) is 5.82. The molecule has 2 aromatic rings. The van der Waals surface area contributed by atoms with E-state index in [9.17, 15) is 35.9 Å². The Hall–Kier alpha value is -4.46. The molecule has 0 fully saturated rings. The van der Waals surface area contributed by atoms with Gasteiger partial charge in [-0.25, -0.2) is 0 Å². The van der Waals surface area contributed by atoms with Gasteiger partial charge in [-0.15, -0.1) is 0 Å². The van der Waals surface area contributed by atoms with E-state index in [1.165, 1.54) is 0 Å². The van der Waals surface area contributed by atoms with Gasteiger partial charge in [0.15, 0.2) is 0 Å².